The lowest BCUT2D eigenvalue weighted by Crippen LogP contribution is -2.21. The molecule has 10 heteroatoms. The highest BCUT2D eigenvalue weighted by molar-refractivity contribution is 7.99. The number of carbonyl (C=O) groups is 2. The lowest BCUT2D eigenvalue weighted by Gasteiger charge is -2.21. The van der Waals surface area contributed by atoms with E-state index in [0.29, 0.717) is 28.9 Å². The molecule has 1 aliphatic rings. The Morgan fingerprint density at radius 1 is 1.13 bits per heavy atom. The molecule has 2 aromatic heterocycles. The SMILES string of the molecule is C=CCn1c(SCC(=O)Nc2sc3c(c2C(=O)OCC)CCCCC3)nnc1-c1ccc(N(CC)CC)cc1. The van der Waals surface area contributed by atoms with Crippen LogP contribution in [0.15, 0.2) is 42.1 Å². The van der Waals surface area contributed by atoms with Gasteiger partial charge in [-0.25, -0.2) is 4.79 Å². The predicted octanol–water partition coefficient (Wildman–Crippen LogP) is 6.22. The lowest BCUT2D eigenvalue weighted by molar-refractivity contribution is -0.113. The first-order valence-corrected chi connectivity index (χ1v) is 15.4. The summed E-state index contributed by atoms with van der Waals surface area (Å²) in [4.78, 5) is 29.3. The second-order valence-corrected chi connectivity index (χ2v) is 11.3. The van der Waals surface area contributed by atoms with Crippen LogP contribution in [-0.2, 0) is 28.9 Å². The van der Waals surface area contributed by atoms with E-state index >= 15 is 0 Å². The van der Waals surface area contributed by atoms with Crippen LogP contribution in [0.25, 0.3) is 11.4 Å². The number of aromatic nitrogens is 3. The van der Waals surface area contributed by atoms with Gasteiger partial charge in [0.05, 0.1) is 17.9 Å². The second kappa shape index (κ2) is 13.8. The Balaban J connectivity index is 1.49. The van der Waals surface area contributed by atoms with Crippen LogP contribution in [0.4, 0.5) is 10.7 Å². The molecule has 1 N–H and O–H groups in total. The molecule has 0 aliphatic heterocycles. The van der Waals surface area contributed by atoms with Gasteiger partial charge in [-0.15, -0.1) is 28.1 Å². The monoisotopic (exact) mass is 567 g/mol. The lowest BCUT2D eigenvalue weighted by atomic mass is 10.1. The molecule has 0 unspecified atom stereocenters. The van der Waals surface area contributed by atoms with E-state index in [9.17, 15) is 9.59 Å². The summed E-state index contributed by atoms with van der Waals surface area (Å²) in [7, 11) is 0. The molecule has 1 aromatic carbocycles. The van der Waals surface area contributed by atoms with Gasteiger partial charge in [0.15, 0.2) is 11.0 Å². The molecular weight excluding hydrogens is 530 g/mol. The topological polar surface area (TPSA) is 89.3 Å². The van der Waals surface area contributed by atoms with Crippen LogP contribution in [-0.4, -0.2) is 52.1 Å². The fourth-order valence-corrected chi connectivity index (χ4v) is 6.90. The number of aryl methyl sites for hydroxylation is 1. The number of anilines is 2. The van der Waals surface area contributed by atoms with Crippen LogP contribution in [0.3, 0.4) is 0 Å². The Morgan fingerprint density at radius 3 is 2.56 bits per heavy atom. The summed E-state index contributed by atoms with van der Waals surface area (Å²) in [5.74, 6) is 0.319. The van der Waals surface area contributed by atoms with Gasteiger partial charge in [-0.1, -0.05) is 24.3 Å². The molecule has 0 radical (unpaired) electrons. The van der Waals surface area contributed by atoms with E-state index in [1.807, 2.05) is 4.57 Å². The van der Waals surface area contributed by atoms with E-state index in [2.05, 4.69) is 65.1 Å². The molecule has 0 spiro atoms. The zero-order valence-electron chi connectivity index (χ0n) is 23.0. The molecule has 3 aromatic rings. The first-order chi connectivity index (χ1) is 19.0. The third-order valence-electron chi connectivity index (χ3n) is 6.77. The normalized spacial score (nSPS) is 12.9. The van der Waals surface area contributed by atoms with E-state index in [0.717, 1.165) is 67.8 Å². The summed E-state index contributed by atoms with van der Waals surface area (Å²) >= 11 is 2.82. The second-order valence-electron chi connectivity index (χ2n) is 9.25. The third-order valence-corrected chi connectivity index (χ3v) is 8.94. The predicted molar refractivity (Wildman–Crippen MR) is 160 cm³/mol. The van der Waals surface area contributed by atoms with Crippen LogP contribution < -0.4 is 10.2 Å². The number of fused-ring (bicyclic) bond motifs is 1. The number of hydrogen-bond acceptors (Lipinski definition) is 8. The van der Waals surface area contributed by atoms with Crippen LogP contribution in [0.5, 0.6) is 0 Å². The molecule has 0 atom stereocenters. The van der Waals surface area contributed by atoms with Crippen molar-refractivity contribution < 1.29 is 14.3 Å². The molecule has 2 heterocycles. The van der Waals surface area contributed by atoms with E-state index in [1.165, 1.54) is 28.0 Å². The zero-order valence-corrected chi connectivity index (χ0v) is 24.6. The minimum atomic E-state index is -0.359. The smallest absolute Gasteiger partial charge is 0.341 e. The van der Waals surface area contributed by atoms with Crippen LogP contribution in [0, 0.1) is 0 Å². The number of allylic oxidation sites excluding steroid dienone is 1. The number of thioether (sulfide) groups is 1. The van der Waals surface area contributed by atoms with Crippen molar-refractivity contribution in [2.75, 3.05) is 35.7 Å². The highest BCUT2D eigenvalue weighted by Gasteiger charge is 2.27. The number of esters is 1. The number of thiophene rings is 1. The van der Waals surface area contributed by atoms with E-state index in [1.54, 1.807) is 13.0 Å². The standard InChI is InChI=1S/C29H37N5O3S2/c1-5-18-34-26(20-14-16-21(17-15-20)33(6-2)7-3)31-32-29(34)38-19-24(35)30-27-25(28(36)37-8-4)22-12-10-9-11-13-23(22)39-27/h5,14-17H,1,6-13,18-19H2,2-4H3,(H,30,35). The highest BCUT2D eigenvalue weighted by Crippen LogP contribution is 2.38. The van der Waals surface area contributed by atoms with Crippen LogP contribution in [0.2, 0.25) is 0 Å². The largest absolute Gasteiger partial charge is 0.462 e. The van der Waals surface area contributed by atoms with Gasteiger partial charge in [-0.3, -0.25) is 9.36 Å². The zero-order chi connectivity index (χ0) is 27.8. The number of nitrogens with zero attached hydrogens (tertiary/aromatic N) is 4. The summed E-state index contributed by atoms with van der Waals surface area (Å²) in [5.41, 5.74) is 3.69. The van der Waals surface area contributed by atoms with Gasteiger partial charge in [0.25, 0.3) is 0 Å². The Morgan fingerprint density at radius 2 is 1.87 bits per heavy atom. The van der Waals surface area contributed by atoms with Crippen molar-refractivity contribution >= 4 is 45.7 Å². The first-order valence-electron chi connectivity index (χ1n) is 13.6. The quantitative estimate of drug-likeness (QED) is 0.120. The molecule has 0 saturated carbocycles. The Bertz CT molecular complexity index is 1290. The highest BCUT2D eigenvalue weighted by atomic mass is 32.2. The van der Waals surface area contributed by atoms with Crippen molar-refractivity contribution in [3.63, 3.8) is 0 Å². The summed E-state index contributed by atoms with van der Waals surface area (Å²) in [6.45, 7) is 12.7. The minimum Gasteiger partial charge on any atom is -0.462 e. The number of benzene rings is 1. The first kappa shape index (κ1) is 28.9. The van der Waals surface area contributed by atoms with E-state index in [-0.39, 0.29) is 17.6 Å². The maximum atomic E-state index is 13.0. The van der Waals surface area contributed by atoms with Crippen LogP contribution in [0.1, 0.15) is 60.8 Å². The van der Waals surface area contributed by atoms with Gasteiger partial charge in [0.1, 0.15) is 5.00 Å². The molecular formula is C29H37N5O3S2. The number of carbonyl (C=O) groups excluding carboxylic acids is 2. The molecule has 1 amide bonds. The number of rotatable bonds is 12. The number of nitrogens with one attached hydrogen (secondary N) is 1. The van der Waals surface area contributed by atoms with Crippen molar-refractivity contribution in [2.45, 2.75) is 64.6 Å². The summed E-state index contributed by atoms with van der Waals surface area (Å²) in [6, 6.07) is 8.30. The average molecular weight is 568 g/mol. The van der Waals surface area contributed by atoms with Crippen molar-refractivity contribution in [3.8, 4) is 11.4 Å². The molecule has 208 valence electrons. The molecule has 0 fully saturated rings. The number of hydrogen-bond donors (Lipinski definition) is 1. The Labute approximate surface area is 238 Å². The van der Waals surface area contributed by atoms with Gasteiger partial charge in [0.2, 0.25) is 5.91 Å². The third kappa shape index (κ3) is 6.73. The van der Waals surface area contributed by atoms with Gasteiger partial charge in [-0.2, -0.15) is 0 Å². The van der Waals surface area contributed by atoms with Crippen LogP contribution >= 0.6 is 23.1 Å². The number of ether oxygens (including phenoxy) is 1. The maximum Gasteiger partial charge on any atom is 0.341 e. The van der Waals surface area contributed by atoms with Crippen molar-refractivity contribution in [2.24, 2.45) is 0 Å². The van der Waals surface area contributed by atoms with Crippen molar-refractivity contribution in [1.82, 2.24) is 14.8 Å². The van der Waals surface area contributed by atoms with E-state index in [4.69, 9.17) is 4.74 Å². The van der Waals surface area contributed by atoms with Gasteiger partial charge in [0, 0.05) is 35.8 Å². The summed E-state index contributed by atoms with van der Waals surface area (Å²) in [6.07, 6.45) is 6.85. The Kier molecular flexibility index (Phi) is 10.2. The molecule has 0 saturated heterocycles. The number of amides is 1. The van der Waals surface area contributed by atoms with Gasteiger partial charge >= 0.3 is 5.97 Å². The molecule has 39 heavy (non-hydrogen) atoms. The summed E-state index contributed by atoms with van der Waals surface area (Å²) in [5, 5.41) is 13.0. The fraction of sp³-hybridized carbons (Fsp3) is 0.448. The maximum absolute atomic E-state index is 13.0. The fourth-order valence-electron chi connectivity index (χ4n) is 4.86. The van der Waals surface area contributed by atoms with Crippen molar-refractivity contribution in [1.29, 1.82) is 0 Å². The average Bonchev–Trinajstić information content (AvgIpc) is 3.41. The molecule has 8 nitrogen and oxygen atoms in total. The van der Waals surface area contributed by atoms with Gasteiger partial charge < -0.3 is 15.0 Å². The molecule has 4 rings (SSSR count). The molecule has 1 aliphatic carbocycles. The minimum absolute atomic E-state index is 0.140. The van der Waals surface area contributed by atoms with Crippen molar-refractivity contribution in [3.05, 3.63) is 52.9 Å². The van der Waals surface area contributed by atoms with E-state index < -0.39 is 0 Å². The Hall–Kier alpha value is -3.11. The summed E-state index contributed by atoms with van der Waals surface area (Å²) < 4.78 is 7.31. The van der Waals surface area contributed by atoms with Gasteiger partial charge in [-0.05, 0) is 76.3 Å². The molecule has 0 bridgehead atoms.